The molecule has 1 aliphatic rings. The number of rotatable bonds is 5. The molecule has 0 saturated heterocycles. The Morgan fingerprint density at radius 2 is 1.61 bits per heavy atom. The fourth-order valence-electron chi connectivity index (χ4n) is 3.77. The van der Waals surface area contributed by atoms with Gasteiger partial charge in [-0.3, -0.25) is 4.79 Å². The number of methoxy groups -OCH3 is 4. The van der Waals surface area contributed by atoms with E-state index in [9.17, 15) is 4.79 Å². The van der Waals surface area contributed by atoms with E-state index in [1.165, 1.54) is 7.11 Å². The molecule has 0 spiro atoms. The molecule has 0 bridgehead atoms. The highest BCUT2D eigenvalue weighted by molar-refractivity contribution is 8.93. The van der Waals surface area contributed by atoms with Crippen molar-refractivity contribution < 1.29 is 18.9 Å². The van der Waals surface area contributed by atoms with Crippen LogP contribution in [0.5, 0.6) is 23.0 Å². The number of halogens is 1. The van der Waals surface area contributed by atoms with Crippen LogP contribution in [0, 0.1) is 0 Å². The number of ether oxygens (including phenoxy) is 4. The second-order valence-corrected chi connectivity index (χ2v) is 6.34. The molecule has 0 aromatic heterocycles. The van der Waals surface area contributed by atoms with Gasteiger partial charge in [0.1, 0.15) is 0 Å². The van der Waals surface area contributed by atoms with Crippen molar-refractivity contribution in [2.24, 2.45) is 0 Å². The van der Waals surface area contributed by atoms with E-state index in [1.807, 2.05) is 19.2 Å². The summed E-state index contributed by atoms with van der Waals surface area (Å²) in [6.45, 7) is 0. The summed E-state index contributed by atoms with van der Waals surface area (Å²) < 4.78 is 22.1. The van der Waals surface area contributed by atoms with Crippen molar-refractivity contribution in [1.82, 2.24) is 5.32 Å². The van der Waals surface area contributed by atoms with Gasteiger partial charge >= 0.3 is 0 Å². The van der Waals surface area contributed by atoms with Gasteiger partial charge in [0.25, 0.3) is 0 Å². The zero-order chi connectivity index (χ0) is 19.6. The predicted molar refractivity (Wildman–Crippen MR) is 115 cm³/mol. The topological polar surface area (TPSA) is 66.0 Å². The quantitative estimate of drug-likeness (QED) is 0.749. The van der Waals surface area contributed by atoms with Gasteiger partial charge in [0.05, 0.1) is 28.4 Å². The van der Waals surface area contributed by atoms with Gasteiger partial charge in [0.2, 0.25) is 11.2 Å². The average Bonchev–Trinajstić information content (AvgIpc) is 2.94. The minimum absolute atomic E-state index is 0. The molecule has 1 aliphatic carbocycles. The molecule has 3 rings (SSSR count). The van der Waals surface area contributed by atoms with E-state index < -0.39 is 0 Å². The van der Waals surface area contributed by atoms with Crippen molar-refractivity contribution in [2.45, 2.75) is 18.9 Å². The number of hydrogen-bond acceptors (Lipinski definition) is 6. The number of benzene rings is 1. The monoisotopic (exact) mass is 451 g/mol. The van der Waals surface area contributed by atoms with Gasteiger partial charge in [0, 0.05) is 11.6 Å². The first-order valence-electron chi connectivity index (χ1n) is 8.81. The fraction of sp³-hybridized carbons (Fsp3) is 0.381. The Kier molecular flexibility index (Phi) is 7.32. The molecule has 2 aromatic rings. The lowest BCUT2D eigenvalue weighted by molar-refractivity contribution is 0.324. The summed E-state index contributed by atoms with van der Waals surface area (Å²) in [6, 6.07) is 7.29. The summed E-state index contributed by atoms with van der Waals surface area (Å²) in [7, 11) is 8.21. The lowest BCUT2D eigenvalue weighted by Crippen LogP contribution is -2.17. The molecule has 1 atom stereocenters. The average molecular weight is 452 g/mol. The van der Waals surface area contributed by atoms with Gasteiger partial charge in [-0.1, -0.05) is 6.07 Å². The van der Waals surface area contributed by atoms with Crippen LogP contribution in [0.25, 0.3) is 11.1 Å². The first-order valence-corrected chi connectivity index (χ1v) is 8.81. The minimum atomic E-state index is -0.151. The maximum absolute atomic E-state index is 12.6. The third-order valence-electron chi connectivity index (χ3n) is 5.07. The Morgan fingerprint density at radius 1 is 0.929 bits per heavy atom. The van der Waals surface area contributed by atoms with E-state index in [2.05, 4.69) is 5.32 Å². The lowest BCUT2D eigenvalue weighted by atomic mass is 9.95. The molecule has 2 aromatic carbocycles. The summed E-state index contributed by atoms with van der Waals surface area (Å²) in [5.41, 5.74) is 3.68. The van der Waals surface area contributed by atoms with Crippen LogP contribution >= 0.6 is 17.0 Å². The molecule has 0 fully saturated rings. The second kappa shape index (κ2) is 9.30. The van der Waals surface area contributed by atoms with E-state index in [4.69, 9.17) is 18.9 Å². The van der Waals surface area contributed by atoms with Crippen LogP contribution in [0.1, 0.15) is 23.6 Å². The maximum atomic E-state index is 12.6. The van der Waals surface area contributed by atoms with Gasteiger partial charge in [-0.25, -0.2) is 0 Å². The molecule has 1 N–H and O–H groups in total. The molecule has 0 heterocycles. The van der Waals surface area contributed by atoms with Crippen molar-refractivity contribution >= 4 is 17.0 Å². The van der Waals surface area contributed by atoms with E-state index in [1.54, 1.807) is 33.5 Å². The standard InChI is InChI=1S/C21H25NO5.BrH/c1-22-15-8-6-12-10-18(25-3)20(26-4)21(27-5)19(12)13-7-9-17(24-2)16(23)11-14(13)15;/h7,9-11,15,22H,6,8H2,1-5H3;1H/t15-;/m0./s1. The number of fused-ring (bicyclic) bond motifs is 3. The van der Waals surface area contributed by atoms with Crippen molar-refractivity contribution in [3.05, 3.63) is 45.6 Å². The normalized spacial score (nSPS) is 14.7. The zero-order valence-electron chi connectivity index (χ0n) is 16.8. The number of nitrogens with one attached hydrogen (secondary N) is 1. The fourth-order valence-corrected chi connectivity index (χ4v) is 3.77. The first kappa shape index (κ1) is 22.0. The van der Waals surface area contributed by atoms with E-state index in [0.29, 0.717) is 23.0 Å². The molecule has 28 heavy (non-hydrogen) atoms. The predicted octanol–water partition coefficient (Wildman–Crippen LogP) is 3.53. The van der Waals surface area contributed by atoms with Crippen LogP contribution in [0.2, 0.25) is 0 Å². The van der Waals surface area contributed by atoms with Crippen molar-refractivity contribution in [3.63, 3.8) is 0 Å². The van der Waals surface area contributed by atoms with E-state index in [-0.39, 0.29) is 28.5 Å². The smallest absolute Gasteiger partial charge is 0.220 e. The van der Waals surface area contributed by atoms with Crippen LogP contribution < -0.4 is 29.7 Å². The summed E-state index contributed by atoms with van der Waals surface area (Å²) in [4.78, 5) is 12.6. The van der Waals surface area contributed by atoms with Crippen LogP contribution in [-0.2, 0) is 6.42 Å². The molecule has 0 aliphatic heterocycles. The van der Waals surface area contributed by atoms with Crippen LogP contribution in [0.3, 0.4) is 0 Å². The molecule has 152 valence electrons. The molecule has 0 unspecified atom stereocenters. The van der Waals surface area contributed by atoms with Crippen molar-refractivity contribution in [3.8, 4) is 34.1 Å². The molecule has 6 nitrogen and oxygen atoms in total. The van der Waals surface area contributed by atoms with E-state index >= 15 is 0 Å². The third-order valence-corrected chi connectivity index (χ3v) is 5.07. The highest BCUT2D eigenvalue weighted by Gasteiger charge is 2.28. The lowest BCUT2D eigenvalue weighted by Gasteiger charge is -2.19. The Hall–Kier alpha value is -2.25. The second-order valence-electron chi connectivity index (χ2n) is 6.34. The highest BCUT2D eigenvalue weighted by Crippen LogP contribution is 2.50. The molecule has 0 amide bonds. The largest absolute Gasteiger partial charge is 0.493 e. The van der Waals surface area contributed by atoms with Crippen molar-refractivity contribution in [2.75, 3.05) is 35.5 Å². The van der Waals surface area contributed by atoms with Crippen LogP contribution in [0.4, 0.5) is 0 Å². The van der Waals surface area contributed by atoms with Crippen molar-refractivity contribution in [1.29, 1.82) is 0 Å². The SMILES string of the molecule is Br.CN[C@H]1CCc2cc(OC)c(OC)c(OC)c2-c2ccc(OC)c(=O)cc21. The summed E-state index contributed by atoms with van der Waals surface area (Å²) in [5, 5.41) is 3.33. The first-order chi connectivity index (χ1) is 13.1. The molecular formula is C21H26BrNO5. The number of hydrogen-bond donors (Lipinski definition) is 1. The molecule has 0 saturated carbocycles. The zero-order valence-corrected chi connectivity index (χ0v) is 18.5. The van der Waals surface area contributed by atoms with Gasteiger partial charge in [-0.2, -0.15) is 0 Å². The Labute approximate surface area is 175 Å². The minimum Gasteiger partial charge on any atom is -0.493 e. The Balaban J connectivity index is 0.00000280. The molecule has 7 heteroatoms. The van der Waals surface area contributed by atoms with Gasteiger partial charge < -0.3 is 24.3 Å². The highest BCUT2D eigenvalue weighted by atomic mass is 79.9. The number of aryl methyl sites for hydroxylation is 1. The summed E-state index contributed by atoms with van der Waals surface area (Å²) in [6.07, 6.45) is 1.64. The summed E-state index contributed by atoms with van der Waals surface area (Å²) in [5.74, 6) is 2.06. The third kappa shape index (κ3) is 3.69. The Bertz CT molecular complexity index is 916. The summed E-state index contributed by atoms with van der Waals surface area (Å²) >= 11 is 0. The molecular weight excluding hydrogens is 426 g/mol. The maximum Gasteiger partial charge on any atom is 0.220 e. The molecule has 0 radical (unpaired) electrons. The Morgan fingerprint density at radius 3 is 2.18 bits per heavy atom. The van der Waals surface area contributed by atoms with E-state index in [0.717, 1.165) is 35.1 Å². The van der Waals surface area contributed by atoms with Gasteiger partial charge in [-0.05, 0) is 54.8 Å². The van der Waals surface area contributed by atoms with Gasteiger partial charge in [-0.15, -0.1) is 17.0 Å². The van der Waals surface area contributed by atoms with Crippen LogP contribution in [-0.4, -0.2) is 35.5 Å². The van der Waals surface area contributed by atoms with Crippen LogP contribution in [0.15, 0.2) is 29.1 Å². The van der Waals surface area contributed by atoms with Gasteiger partial charge in [0.15, 0.2) is 17.2 Å².